The maximum Gasteiger partial charge on any atom is 0.409 e. The SMILES string of the molecule is NC(c1[nH]ncc1Br)C(F)(F)F. The Morgan fingerprint density at radius 3 is 2.50 bits per heavy atom. The van der Waals surface area contributed by atoms with Gasteiger partial charge in [-0.05, 0) is 15.9 Å². The van der Waals surface area contributed by atoms with Crippen LogP contribution >= 0.6 is 15.9 Å². The van der Waals surface area contributed by atoms with Gasteiger partial charge in [0.25, 0.3) is 0 Å². The average Bonchev–Trinajstić information content (AvgIpc) is 2.31. The van der Waals surface area contributed by atoms with E-state index in [4.69, 9.17) is 5.73 Å². The van der Waals surface area contributed by atoms with Gasteiger partial charge in [-0.25, -0.2) is 0 Å². The maximum absolute atomic E-state index is 12.0. The topological polar surface area (TPSA) is 54.7 Å². The summed E-state index contributed by atoms with van der Waals surface area (Å²) in [5.41, 5.74) is 4.73. The van der Waals surface area contributed by atoms with Gasteiger partial charge in [0, 0.05) is 0 Å². The molecule has 0 saturated heterocycles. The largest absolute Gasteiger partial charge is 0.409 e. The van der Waals surface area contributed by atoms with Gasteiger partial charge in [-0.3, -0.25) is 5.10 Å². The van der Waals surface area contributed by atoms with Crippen LogP contribution in [-0.2, 0) is 0 Å². The Kier molecular flexibility index (Phi) is 2.43. The lowest BCUT2D eigenvalue weighted by atomic mass is 10.2. The van der Waals surface area contributed by atoms with Gasteiger partial charge in [-0.15, -0.1) is 0 Å². The minimum absolute atomic E-state index is 0.164. The Hall–Kier alpha value is -0.560. The normalized spacial score (nSPS) is 14.8. The van der Waals surface area contributed by atoms with Gasteiger partial charge in [0.2, 0.25) is 0 Å². The van der Waals surface area contributed by atoms with Crippen LogP contribution in [0.3, 0.4) is 0 Å². The number of aromatic nitrogens is 2. The summed E-state index contributed by atoms with van der Waals surface area (Å²) in [6.07, 6.45) is -3.23. The molecule has 12 heavy (non-hydrogen) atoms. The third-order valence-electron chi connectivity index (χ3n) is 1.28. The fraction of sp³-hybridized carbons (Fsp3) is 0.400. The van der Waals surface area contributed by atoms with Crippen molar-refractivity contribution in [1.82, 2.24) is 10.2 Å². The van der Waals surface area contributed by atoms with Crippen molar-refractivity contribution in [3.63, 3.8) is 0 Å². The fourth-order valence-corrected chi connectivity index (χ4v) is 1.10. The van der Waals surface area contributed by atoms with E-state index in [1.54, 1.807) is 0 Å². The van der Waals surface area contributed by atoms with Crippen molar-refractivity contribution < 1.29 is 13.2 Å². The molecule has 3 nitrogen and oxygen atoms in total. The first kappa shape index (κ1) is 9.53. The van der Waals surface area contributed by atoms with Gasteiger partial charge in [0.1, 0.15) is 6.04 Å². The molecular weight excluding hydrogens is 239 g/mol. The first-order chi connectivity index (χ1) is 5.43. The molecule has 0 aromatic carbocycles. The highest BCUT2D eigenvalue weighted by atomic mass is 79.9. The molecule has 0 aliphatic heterocycles. The molecule has 1 heterocycles. The molecule has 0 spiro atoms. The summed E-state index contributed by atoms with van der Waals surface area (Å²) in [7, 11) is 0. The van der Waals surface area contributed by atoms with Crippen LogP contribution in [0.1, 0.15) is 11.7 Å². The number of alkyl halides is 3. The molecule has 0 aliphatic carbocycles. The molecule has 0 bridgehead atoms. The molecule has 0 fully saturated rings. The van der Waals surface area contributed by atoms with Crippen LogP contribution < -0.4 is 5.73 Å². The minimum atomic E-state index is -4.45. The van der Waals surface area contributed by atoms with Gasteiger partial charge >= 0.3 is 6.18 Å². The first-order valence-corrected chi connectivity index (χ1v) is 3.73. The van der Waals surface area contributed by atoms with E-state index in [1.165, 1.54) is 6.20 Å². The second-order valence-corrected chi connectivity index (χ2v) is 3.01. The number of nitrogens with two attached hydrogens (primary N) is 1. The summed E-state index contributed by atoms with van der Waals surface area (Å²) < 4.78 is 36.2. The molecule has 1 aromatic rings. The van der Waals surface area contributed by atoms with Crippen LogP contribution in [0.25, 0.3) is 0 Å². The average molecular weight is 244 g/mol. The molecule has 1 atom stereocenters. The highest BCUT2D eigenvalue weighted by Gasteiger charge is 2.39. The molecule has 68 valence electrons. The van der Waals surface area contributed by atoms with E-state index in [0.29, 0.717) is 0 Å². The van der Waals surface area contributed by atoms with Gasteiger partial charge in [0.15, 0.2) is 0 Å². The summed E-state index contributed by atoms with van der Waals surface area (Å²) in [5.74, 6) is 0. The lowest BCUT2D eigenvalue weighted by Crippen LogP contribution is -2.29. The molecule has 3 N–H and O–H groups in total. The van der Waals surface area contributed by atoms with Crippen molar-refractivity contribution in [1.29, 1.82) is 0 Å². The Morgan fingerprint density at radius 2 is 2.17 bits per heavy atom. The number of hydrogen-bond acceptors (Lipinski definition) is 2. The second-order valence-electron chi connectivity index (χ2n) is 2.15. The highest BCUT2D eigenvalue weighted by Crippen LogP contribution is 2.32. The third kappa shape index (κ3) is 1.78. The molecule has 1 rings (SSSR count). The van der Waals surface area contributed by atoms with Crippen LogP contribution in [-0.4, -0.2) is 16.4 Å². The molecule has 0 aliphatic rings. The zero-order valence-electron chi connectivity index (χ0n) is 5.69. The summed E-state index contributed by atoms with van der Waals surface area (Å²) in [6.45, 7) is 0. The zero-order chi connectivity index (χ0) is 9.35. The number of hydrogen-bond donors (Lipinski definition) is 2. The Bertz CT molecular complexity index is 269. The van der Waals surface area contributed by atoms with Crippen molar-refractivity contribution >= 4 is 15.9 Å². The summed E-state index contributed by atoms with van der Waals surface area (Å²) in [6, 6.07) is -2.02. The zero-order valence-corrected chi connectivity index (χ0v) is 7.28. The molecule has 7 heteroatoms. The van der Waals surface area contributed by atoms with Crippen molar-refractivity contribution in [3.05, 3.63) is 16.4 Å². The number of aromatic amines is 1. The van der Waals surface area contributed by atoms with Gasteiger partial charge in [-0.1, -0.05) is 0 Å². The number of H-pyrrole nitrogens is 1. The highest BCUT2D eigenvalue weighted by molar-refractivity contribution is 9.10. The van der Waals surface area contributed by atoms with Gasteiger partial charge in [0.05, 0.1) is 16.4 Å². The summed E-state index contributed by atoms with van der Waals surface area (Å²) in [4.78, 5) is 0. The van der Waals surface area contributed by atoms with E-state index in [-0.39, 0.29) is 10.2 Å². The molecule has 1 unspecified atom stereocenters. The van der Waals surface area contributed by atoms with E-state index in [1.807, 2.05) is 0 Å². The summed E-state index contributed by atoms with van der Waals surface area (Å²) >= 11 is 2.89. The van der Waals surface area contributed by atoms with Crippen LogP contribution in [0, 0.1) is 0 Å². The van der Waals surface area contributed by atoms with Crippen molar-refractivity contribution in [3.8, 4) is 0 Å². The van der Waals surface area contributed by atoms with Gasteiger partial charge in [-0.2, -0.15) is 18.3 Å². The van der Waals surface area contributed by atoms with Crippen LogP contribution in [0.4, 0.5) is 13.2 Å². The standard InChI is InChI=1S/C5H5BrF3N3/c6-2-1-11-12-3(2)4(10)5(7,8)9/h1,4H,10H2,(H,11,12). The fourth-order valence-electron chi connectivity index (χ4n) is 0.663. The monoisotopic (exact) mass is 243 g/mol. The van der Waals surface area contributed by atoms with Crippen molar-refractivity contribution in [2.24, 2.45) is 5.73 Å². The lowest BCUT2D eigenvalue weighted by Gasteiger charge is -2.13. The quantitative estimate of drug-likeness (QED) is 0.790. The maximum atomic E-state index is 12.0. The Morgan fingerprint density at radius 1 is 1.58 bits per heavy atom. The van der Waals surface area contributed by atoms with E-state index >= 15 is 0 Å². The van der Waals surface area contributed by atoms with Crippen LogP contribution in [0.15, 0.2) is 10.7 Å². The van der Waals surface area contributed by atoms with Crippen LogP contribution in [0.5, 0.6) is 0 Å². The van der Waals surface area contributed by atoms with Crippen molar-refractivity contribution in [2.75, 3.05) is 0 Å². The number of nitrogens with one attached hydrogen (secondary N) is 1. The number of halogens is 4. The molecule has 0 saturated carbocycles. The van der Waals surface area contributed by atoms with Gasteiger partial charge < -0.3 is 5.73 Å². The Balaban J connectivity index is 2.92. The summed E-state index contributed by atoms with van der Waals surface area (Å²) in [5, 5.41) is 5.57. The predicted octanol–water partition coefficient (Wildman–Crippen LogP) is 1.73. The van der Waals surface area contributed by atoms with E-state index in [0.717, 1.165) is 0 Å². The molecule has 0 amide bonds. The van der Waals surface area contributed by atoms with E-state index in [2.05, 4.69) is 26.1 Å². The molecule has 1 aromatic heterocycles. The smallest absolute Gasteiger partial charge is 0.315 e. The van der Waals surface area contributed by atoms with E-state index in [9.17, 15) is 13.2 Å². The second kappa shape index (κ2) is 3.06. The lowest BCUT2D eigenvalue weighted by molar-refractivity contribution is -0.150. The first-order valence-electron chi connectivity index (χ1n) is 2.94. The van der Waals surface area contributed by atoms with Crippen molar-refractivity contribution in [2.45, 2.75) is 12.2 Å². The predicted molar refractivity (Wildman–Crippen MR) is 39.3 cm³/mol. The molecule has 0 radical (unpaired) electrons. The van der Waals surface area contributed by atoms with E-state index < -0.39 is 12.2 Å². The number of rotatable bonds is 1. The molecular formula is C5H5BrF3N3. The minimum Gasteiger partial charge on any atom is -0.315 e. The third-order valence-corrected chi connectivity index (χ3v) is 1.92. The Labute approximate surface area is 74.3 Å². The number of nitrogens with zero attached hydrogens (tertiary/aromatic N) is 1. The van der Waals surface area contributed by atoms with Crippen LogP contribution in [0.2, 0.25) is 0 Å².